The summed E-state index contributed by atoms with van der Waals surface area (Å²) >= 11 is 0. The molecule has 8 heteroatoms. The Morgan fingerprint density at radius 2 is 1.93 bits per heavy atom. The van der Waals surface area contributed by atoms with Crippen molar-refractivity contribution in [1.82, 2.24) is 20.1 Å². The molecule has 7 nitrogen and oxygen atoms in total. The summed E-state index contributed by atoms with van der Waals surface area (Å²) in [4.78, 5) is 31.5. The molecule has 0 spiro atoms. The number of nitrogens with one attached hydrogen (secondary N) is 2. The van der Waals surface area contributed by atoms with Gasteiger partial charge < -0.3 is 24.8 Å². The van der Waals surface area contributed by atoms with E-state index in [1.165, 1.54) is 17.7 Å². The maximum Gasteiger partial charge on any atom is 0.320 e. The zero-order valence-electron chi connectivity index (χ0n) is 16.2. The summed E-state index contributed by atoms with van der Waals surface area (Å²) in [5.41, 5.74) is 2.02. The van der Waals surface area contributed by atoms with Crippen LogP contribution in [0, 0.1) is 5.82 Å². The fourth-order valence-corrected chi connectivity index (χ4v) is 4.91. The number of morpholine rings is 1. The Labute approximate surface area is 168 Å². The molecule has 0 unspecified atom stereocenters. The quantitative estimate of drug-likeness (QED) is 0.770. The van der Waals surface area contributed by atoms with Gasteiger partial charge in [0.25, 0.3) is 0 Å². The van der Waals surface area contributed by atoms with E-state index in [9.17, 15) is 14.0 Å². The summed E-state index contributed by atoms with van der Waals surface area (Å²) in [6.45, 7) is 2.67. The molecule has 4 heterocycles. The minimum absolute atomic E-state index is 0.00851. The summed E-state index contributed by atoms with van der Waals surface area (Å²) in [6.07, 6.45) is 4.50. The minimum atomic E-state index is -0.241. The SMILES string of the molecule is O=C1CO[C@H]2CCN(C(=O)N3CCC(c4c[nH]c5cc(F)ccc45)CC3)C[C@H]2N1. The van der Waals surface area contributed by atoms with Crippen molar-refractivity contribution in [2.24, 2.45) is 0 Å². The number of fused-ring (bicyclic) bond motifs is 2. The highest BCUT2D eigenvalue weighted by Gasteiger charge is 2.38. The number of aromatic amines is 1. The lowest BCUT2D eigenvalue weighted by Gasteiger charge is -2.43. The summed E-state index contributed by atoms with van der Waals surface area (Å²) in [5.74, 6) is 0.00430. The van der Waals surface area contributed by atoms with Gasteiger partial charge in [0.15, 0.2) is 0 Å². The van der Waals surface area contributed by atoms with E-state index < -0.39 is 0 Å². The lowest BCUT2D eigenvalue weighted by atomic mass is 9.89. The van der Waals surface area contributed by atoms with Crippen LogP contribution in [0.15, 0.2) is 24.4 Å². The van der Waals surface area contributed by atoms with Crippen LogP contribution in [0.3, 0.4) is 0 Å². The van der Waals surface area contributed by atoms with Gasteiger partial charge in [-0.15, -0.1) is 0 Å². The van der Waals surface area contributed by atoms with Gasteiger partial charge in [0, 0.05) is 43.3 Å². The Morgan fingerprint density at radius 3 is 2.76 bits per heavy atom. The van der Waals surface area contributed by atoms with Crippen LogP contribution in [0.25, 0.3) is 10.9 Å². The molecule has 0 aliphatic carbocycles. The molecule has 3 fully saturated rings. The molecule has 5 rings (SSSR count). The molecule has 0 radical (unpaired) electrons. The lowest BCUT2D eigenvalue weighted by Crippen LogP contribution is -2.62. The minimum Gasteiger partial charge on any atom is -0.366 e. The number of H-pyrrole nitrogens is 1. The number of halogens is 1. The maximum atomic E-state index is 13.4. The third-order valence-corrected chi connectivity index (χ3v) is 6.48. The molecule has 1 aromatic carbocycles. The predicted molar refractivity (Wildman–Crippen MR) is 105 cm³/mol. The second kappa shape index (κ2) is 7.33. The number of carbonyl (C=O) groups is 2. The van der Waals surface area contributed by atoms with Crippen LogP contribution in [-0.4, -0.2) is 71.7 Å². The Kier molecular flexibility index (Phi) is 4.66. The normalized spacial score (nSPS) is 25.8. The average Bonchev–Trinajstić information content (AvgIpc) is 3.15. The van der Waals surface area contributed by atoms with Crippen LogP contribution in [0.2, 0.25) is 0 Å². The smallest absolute Gasteiger partial charge is 0.320 e. The third-order valence-electron chi connectivity index (χ3n) is 6.48. The van der Waals surface area contributed by atoms with Gasteiger partial charge in [0.2, 0.25) is 5.91 Å². The van der Waals surface area contributed by atoms with Gasteiger partial charge in [-0.05, 0) is 48.9 Å². The number of ether oxygens (including phenoxy) is 1. The molecule has 0 bridgehead atoms. The van der Waals surface area contributed by atoms with Gasteiger partial charge in [0.05, 0.1) is 12.1 Å². The topological polar surface area (TPSA) is 77.7 Å². The third kappa shape index (κ3) is 3.46. The lowest BCUT2D eigenvalue weighted by molar-refractivity contribution is -0.139. The largest absolute Gasteiger partial charge is 0.366 e. The fourth-order valence-electron chi connectivity index (χ4n) is 4.91. The number of hydrogen-bond acceptors (Lipinski definition) is 3. The highest BCUT2D eigenvalue weighted by molar-refractivity contribution is 5.84. The Balaban J connectivity index is 1.21. The van der Waals surface area contributed by atoms with Crippen LogP contribution >= 0.6 is 0 Å². The average molecular weight is 400 g/mol. The van der Waals surface area contributed by atoms with Gasteiger partial charge in [-0.3, -0.25) is 4.79 Å². The Hall–Kier alpha value is -2.61. The zero-order chi connectivity index (χ0) is 20.0. The standard InChI is InChI=1S/C21H25FN4O3/c22-14-1-2-15-16(10-23-17(15)9-14)13-3-6-25(7-4-13)21(28)26-8-5-19-18(11-26)24-20(27)12-29-19/h1-2,9-10,13,18-19,23H,3-8,11-12H2,(H,24,27)/t18-,19+/m1/s1. The first-order valence-corrected chi connectivity index (χ1v) is 10.3. The van der Waals surface area contributed by atoms with Gasteiger partial charge in [-0.2, -0.15) is 0 Å². The first-order valence-electron chi connectivity index (χ1n) is 10.3. The van der Waals surface area contributed by atoms with Crippen molar-refractivity contribution in [3.8, 4) is 0 Å². The summed E-state index contributed by atoms with van der Waals surface area (Å²) in [6, 6.07) is 4.78. The second-order valence-electron chi connectivity index (χ2n) is 8.24. The number of carbonyl (C=O) groups excluding carboxylic acids is 2. The van der Waals surface area contributed by atoms with Crippen molar-refractivity contribution in [1.29, 1.82) is 0 Å². The van der Waals surface area contributed by atoms with Crippen molar-refractivity contribution < 1.29 is 18.7 Å². The van der Waals surface area contributed by atoms with E-state index in [4.69, 9.17) is 4.74 Å². The van der Waals surface area contributed by atoms with Crippen LogP contribution in [0.1, 0.15) is 30.7 Å². The molecule has 3 saturated heterocycles. The molecule has 3 amide bonds. The first-order chi connectivity index (χ1) is 14.1. The summed E-state index contributed by atoms with van der Waals surface area (Å²) in [7, 11) is 0. The highest BCUT2D eigenvalue weighted by atomic mass is 19.1. The fraction of sp³-hybridized carbons (Fsp3) is 0.524. The van der Waals surface area contributed by atoms with Gasteiger partial charge in [-0.25, -0.2) is 9.18 Å². The van der Waals surface area contributed by atoms with E-state index >= 15 is 0 Å². The number of aromatic nitrogens is 1. The molecular weight excluding hydrogens is 375 g/mol. The number of amides is 3. The predicted octanol–water partition coefficient (Wildman–Crippen LogP) is 2.20. The van der Waals surface area contributed by atoms with Gasteiger partial charge in [-0.1, -0.05) is 0 Å². The van der Waals surface area contributed by atoms with Crippen LogP contribution in [0.4, 0.5) is 9.18 Å². The van der Waals surface area contributed by atoms with Crippen LogP contribution in [0.5, 0.6) is 0 Å². The highest BCUT2D eigenvalue weighted by Crippen LogP contribution is 2.34. The van der Waals surface area contributed by atoms with E-state index in [1.807, 2.05) is 22.1 Å². The Bertz CT molecular complexity index is 937. The molecule has 0 saturated carbocycles. The number of likely N-dealkylation sites (tertiary alicyclic amines) is 2. The molecule has 2 N–H and O–H groups in total. The van der Waals surface area contributed by atoms with E-state index in [2.05, 4.69) is 10.3 Å². The summed E-state index contributed by atoms with van der Waals surface area (Å²) < 4.78 is 19.0. The molecule has 2 aromatic rings. The van der Waals surface area contributed by atoms with Gasteiger partial charge >= 0.3 is 6.03 Å². The van der Waals surface area contributed by atoms with Gasteiger partial charge in [0.1, 0.15) is 12.4 Å². The molecule has 154 valence electrons. The molecule has 3 aliphatic heterocycles. The number of rotatable bonds is 1. The van der Waals surface area contributed by atoms with E-state index in [0.29, 0.717) is 32.1 Å². The van der Waals surface area contributed by atoms with Crippen molar-refractivity contribution >= 4 is 22.8 Å². The maximum absolute atomic E-state index is 13.4. The zero-order valence-corrected chi connectivity index (χ0v) is 16.2. The number of nitrogens with zero attached hydrogens (tertiary/aromatic N) is 2. The van der Waals surface area contributed by atoms with Crippen LogP contribution < -0.4 is 5.32 Å². The first kappa shape index (κ1) is 18.4. The number of hydrogen-bond donors (Lipinski definition) is 2. The summed E-state index contributed by atoms with van der Waals surface area (Å²) in [5, 5.41) is 4.01. The van der Waals surface area contributed by atoms with E-state index in [0.717, 1.165) is 30.2 Å². The van der Waals surface area contributed by atoms with Crippen molar-refractivity contribution in [3.63, 3.8) is 0 Å². The van der Waals surface area contributed by atoms with Crippen molar-refractivity contribution in [3.05, 3.63) is 35.8 Å². The van der Waals surface area contributed by atoms with E-state index in [-0.39, 0.29) is 36.5 Å². The number of piperidine rings is 2. The molecule has 29 heavy (non-hydrogen) atoms. The second-order valence-corrected chi connectivity index (χ2v) is 8.24. The molecule has 2 atom stereocenters. The molecule has 3 aliphatic rings. The van der Waals surface area contributed by atoms with E-state index in [1.54, 1.807) is 0 Å². The number of urea groups is 1. The number of benzene rings is 1. The van der Waals surface area contributed by atoms with Crippen molar-refractivity contribution in [2.75, 3.05) is 32.8 Å². The monoisotopic (exact) mass is 400 g/mol. The van der Waals surface area contributed by atoms with Crippen LogP contribution in [-0.2, 0) is 9.53 Å². The molecular formula is C21H25FN4O3. The Morgan fingerprint density at radius 1 is 1.14 bits per heavy atom. The molecule has 1 aromatic heterocycles. The van der Waals surface area contributed by atoms with Crippen molar-refractivity contribution in [2.45, 2.75) is 37.3 Å².